The summed E-state index contributed by atoms with van der Waals surface area (Å²) < 4.78 is 5.27. The van der Waals surface area contributed by atoms with Crippen molar-refractivity contribution in [2.24, 2.45) is 0 Å². The molecular formula is C12H15NO3. The zero-order valence-electron chi connectivity index (χ0n) is 9.08. The molecule has 0 bridgehead atoms. The number of carbonyl (C=O) groups is 1. The highest BCUT2D eigenvalue weighted by Crippen LogP contribution is 2.38. The summed E-state index contributed by atoms with van der Waals surface area (Å²) in [5.41, 5.74) is 3.27. The average molecular weight is 221 g/mol. The van der Waals surface area contributed by atoms with Gasteiger partial charge in [-0.15, -0.1) is 0 Å². The molecule has 1 saturated carbocycles. The van der Waals surface area contributed by atoms with Crippen LogP contribution in [0.4, 0.5) is 0 Å². The fourth-order valence-corrected chi connectivity index (χ4v) is 2.92. The third-order valence-corrected chi connectivity index (χ3v) is 3.69. The monoisotopic (exact) mass is 221 g/mol. The molecule has 0 spiro atoms. The van der Waals surface area contributed by atoms with Gasteiger partial charge in [-0.3, -0.25) is 0 Å². The highest BCUT2D eigenvalue weighted by atomic mass is 16.5. The summed E-state index contributed by atoms with van der Waals surface area (Å²) in [5, 5.41) is 9.30. The molecule has 86 valence electrons. The van der Waals surface area contributed by atoms with Gasteiger partial charge in [0, 0.05) is 17.0 Å². The van der Waals surface area contributed by atoms with Crippen molar-refractivity contribution in [3.63, 3.8) is 0 Å². The van der Waals surface area contributed by atoms with Gasteiger partial charge in [-0.2, -0.15) is 0 Å². The molecule has 1 aromatic heterocycles. The molecule has 0 saturated heterocycles. The van der Waals surface area contributed by atoms with E-state index in [1.807, 2.05) is 0 Å². The quantitative estimate of drug-likeness (QED) is 0.806. The van der Waals surface area contributed by atoms with E-state index in [2.05, 4.69) is 4.98 Å². The Labute approximate surface area is 93.6 Å². The van der Waals surface area contributed by atoms with E-state index in [4.69, 9.17) is 4.74 Å². The molecule has 2 heterocycles. The Bertz CT molecular complexity index is 430. The van der Waals surface area contributed by atoms with Crippen LogP contribution in [0.2, 0.25) is 0 Å². The number of aromatic nitrogens is 1. The Morgan fingerprint density at radius 1 is 1.31 bits per heavy atom. The lowest BCUT2D eigenvalue weighted by atomic mass is 9.98. The zero-order valence-corrected chi connectivity index (χ0v) is 9.08. The third kappa shape index (κ3) is 1.37. The van der Waals surface area contributed by atoms with Crippen molar-refractivity contribution in [2.45, 2.75) is 44.8 Å². The summed E-state index contributed by atoms with van der Waals surface area (Å²) in [7, 11) is 0. The van der Waals surface area contributed by atoms with Gasteiger partial charge in [-0.05, 0) is 18.8 Å². The van der Waals surface area contributed by atoms with Crippen LogP contribution >= 0.6 is 0 Å². The maximum Gasteiger partial charge on any atom is 0.337 e. The van der Waals surface area contributed by atoms with Crippen molar-refractivity contribution in [3.8, 4) is 0 Å². The fourth-order valence-electron chi connectivity index (χ4n) is 2.92. The number of carboxylic acids is 1. The predicted octanol–water partition coefficient (Wildman–Crippen LogP) is 2.40. The molecule has 2 N–H and O–H groups in total. The number of aromatic carboxylic acids is 1. The van der Waals surface area contributed by atoms with E-state index >= 15 is 0 Å². The Kier molecular flexibility index (Phi) is 2.24. The second-order valence-corrected chi connectivity index (χ2v) is 4.65. The van der Waals surface area contributed by atoms with E-state index in [-0.39, 0.29) is 0 Å². The van der Waals surface area contributed by atoms with Crippen molar-refractivity contribution < 1.29 is 14.6 Å². The van der Waals surface area contributed by atoms with Crippen LogP contribution in [-0.4, -0.2) is 16.1 Å². The molecule has 0 atom stereocenters. The molecule has 4 heteroatoms. The fraction of sp³-hybridized carbons (Fsp3) is 0.583. The molecule has 0 unspecified atom stereocenters. The van der Waals surface area contributed by atoms with Crippen LogP contribution in [0.5, 0.6) is 0 Å². The second-order valence-electron chi connectivity index (χ2n) is 4.65. The average Bonchev–Trinajstić information content (AvgIpc) is 2.92. The first-order valence-corrected chi connectivity index (χ1v) is 5.82. The molecule has 0 radical (unpaired) electrons. The van der Waals surface area contributed by atoms with Crippen LogP contribution in [0, 0.1) is 0 Å². The first-order valence-electron chi connectivity index (χ1n) is 5.82. The summed E-state index contributed by atoms with van der Waals surface area (Å²) >= 11 is 0. The van der Waals surface area contributed by atoms with Gasteiger partial charge >= 0.3 is 5.97 Å². The molecule has 1 fully saturated rings. The number of ether oxygens (including phenoxy) is 1. The molecular weight excluding hydrogens is 206 g/mol. The number of H-pyrrole nitrogens is 1. The highest BCUT2D eigenvalue weighted by molar-refractivity contribution is 5.91. The topological polar surface area (TPSA) is 62.3 Å². The molecule has 0 aromatic carbocycles. The SMILES string of the molecule is O=C(O)c1c(C2CCCC2)[nH]c2c1COC2. The van der Waals surface area contributed by atoms with Gasteiger partial charge in [-0.1, -0.05) is 12.8 Å². The number of hydrogen-bond donors (Lipinski definition) is 2. The van der Waals surface area contributed by atoms with Crippen molar-refractivity contribution in [3.05, 3.63) is 22.5 Å². The van der Waals surface area contributed by atoms with Gasteiger partial charge in [0.15, 0.2) is 0 Å². The molecule has 2 aliphatic rings. The predicted molar refractivity (Wildman–Crippen MR) is 57.5 cm³/mol. The maximum absolute atomic E-state index is 11.3. The number of aromatic amines is 1. The van der Waals surface area contributed by atoms with Crippen LogP contribution in [0.3, 0.4) is 0 Å². The Hall–Kier alpha value is -1.29. The molecule has 3 rings (SSSR count). The van der Waals surface area contributed by atoms with Gasteiger partial charge in [0.25, 0.3) is 0 Å². The number of fused-ring (bicyclic) bond motifs is 1. The molecule has 4 nitrogen and oxygen atoms in total. The summed E-state index contributed by atoms with van der Waals surface area (Å²) in [6.45, 7) is 0.975. The number of rotatable bonds is 2. The van der Waals surface area contributed by atoms with E-state index in [9.17, 15) is 9.90 Å². The van der Waals surface area contributed by atoms with Gasteiger partial charge in [0.1, 0.15) is 0 Å². The minimum Gasteiger partial charge on any atom is -0.478 e. The summed E-state index contributed by atoms with van der Waals surface area (Å²) in [6, 6.07) is 0. The lowest BCUT2D eigenvalue weighted by molar-refractivity contribution is 0.0689. The van der Waals surface area contributed by atoms with Gasteiger partial charge in [0.2, 0.25) is 0 Å². The molecule has 1 aliphatic carbocycles. The Morgan fingerprint density at radius 3 is 2.75 bits per heavy atom. The highest BCUT2D eigenvalue weighted by Gasteiger charge is 2.31. The minimum absolute atomic E-state index is 0.414. The van der Waals surface area contributed by atoms with Crippen LogP contribution in [-0.2, 0) is 18.0 Å². The molecule has 16 heavy (non-hydrogen) atoms. The first kappa shape index (κ1) is 9.90. The van der Waals surface area contributed by atoms with Gasteiger partial charge in [0.05, 0.1) is 18.8 Å². The van der Waals surface area contributed by atoms with Crippen LogP contribution < -0.4 is 0 Å². The summed E-state index contributed by atoms with van der Waals surface area (Å²) in [4.78, 5) is 14.6. The lowest BCUT2D eigenvalue weighted by Crippen LogP contribution is -2.06. The van der Waals surface area contributed by atoms with Crippen molar-refractivity contribution in [1.82, 2.24) is 4.98 Å². The number of hydrogen-bond acceptors (Lipinski definition) is 2. The van der Waals surface area contributed by atoms with Crippen LogP contribution in [0.15, 0.2) is 0 Å². The minimum atomic E-state index is -0.815. The molecule has 1 aliphatic heterocycles. The Morgan fingerprint density at radius 2 is 2.06 bits per heavy atom. The third-order valence-electron chi connectivity index (χ3n) is 3.69. The van der Waals surface area contributed by atoms with Crippen molar-refractivity contribution in [2.75, 3.05) is 0 Å². The van der Waals surface area contributed by atoms with E-state index < -0.39 is 5.97 Å². The largest absolute Gasteiger partial charge is 0.478 e. The summed E-state index contributed by atoms with van der Waals surface area (Å²) in [6.07, 6.45) is 4.65. The number of nitrogens with one attached hydrogen (secondary N) is 1. The van der Waals surface area contributed by atoms with E-state index in [0.717, 1.165) is 29.8 Å². The lowest BCUT2D eigenvalue weighted by Gasteiger charge is -2.09. The normalized spacial score (nSPS) is 20.2. The first-order chi connectivity index (χ1) is 7.77. The van der Waals surface area contributed by atoms with Gasteiger partial charge in [-0.25, -0.2) is 4.79 Å². The standard InChI is InChI=1S/C12H15NO3/c14-12(15)10-8-5-16-6-9(8)13-11(10)7-3-1-2-4-7/h7,13H,1-6H2,(H,14,15). The second kappa shape index (κ2) is 3.63. The zero-order chi connectivity index (χ0) is 11.1. The summed E-state index contributed by atoms with van der Waals surface area (Å²) in [5.74, 6) is -0.401. The smallest absolute Gasteiger partial charge is 0.337 e. The number of carboxylic acid groups (broad SMARTS) is 1. The maximum atomic E-state index is 11.3. The van der Waals surface area contributed by atoms with E-state index in [1.54, 1.807) is 0 Å². The van der Waals surface area contributed by atoms with E-state index in [0.29, 0.717) is 24.7 Å². The van der Waals surface area contributed by atoms with Crippen LogP contribution in [0.25, 0.3) is 0 Å². The Balaban J connectivity index is 2.06. The van der Waals surface area contributed by atoms with E-state index in [1.165, 1.54) is 12.8 Å². The van der Waals surface area contributed by atoms with Crippen molar-refractivity contribution >= 4 is 5.97 Å². The van der Waals surface area contributed by atoms with Gasteiger partial charge < -0.3 is 14.8 Å². The van der Waals surface area contributed by atoms with Crippen molar-refractivity contribution in [1.29, 1.82) is 0 Å². The van der Waals surface area contributed by atoms with Crippen LogP contribution in [0.1, 0.15) is 58.9 Å². The molecule has 1 aromatic rings. The molecule has 0 amide bonds.